The Balaban J connectivity index is 1.99. The Bertz CT molecular complexity index is 690. The maximum Gasteiger partial charge on any atom is 0.416 e. The van der Waals surface area contributed by atoms with Gasteiger partial charge in [0.1, 0.15) is 6.61 Å². The SMILES string of the molecule is CNC(=O)N(CCc1cccc(C(F)(F)F)c1)OCc1ccccc1. The fourth-order valence-electron chi connectivity index (χ4n) is 2.21. The normalized spacial score (nSPS) is 11.2. The van der Waals surface area contributed by atoms with Crippen molar-refractivity contribution in [3.05, 3.63) is 71.3 Å². The van der Waals surface area contributed by atoms with Crippen LogP contribution in [0.2, 0.25) is 0 Å². The molecule has 0 aromatic heterocycles. The van der Waals surface area contributed by atoms with E-state index in [9.17, 15) is 18.0 Å². The molecule has 134 valence electrons. The number of hydroxylamine groups is 2. The zero-order valence-electron chi connectivity index (χ0n) is 13.7. The van der Waals surface area contributed by atoms with Gasteiger partial charge in [-0.1, -0.05) is 48.5 Å². The predicted octanol–water partition coefficient (Wildman–Crippen LogP) is 4.02. The third-order valence-corrected chi connectivity index (χ3v) is 3.53. The van der Waals surface area contributed by atoms with Crippen molar-refractivity contribution >= 4 is 6.03 Å². The van der Waals surface area contributed by atoms with Crippen LogP contribution in [0.3, 0.4) is 0 Å². The van der Waals surface area contributed by atoms with Crippen LogP contribution in [0.15, 0.2) is 54.6 Å². The van der Waals surface area contributed by atoms with Gasteiger partial charge in [-0.2, -0.15) is 13.2 Å². The van der Waals surface area contributed by atoms with Crippen LogP contribution >= 0.6 is 0 Å². The monoisotopic (exact) mass is 352 g/mol. The summed E-state index contributed by atoms with van der Waals surface area (Å²) in [6.45, 7) is 0.324. The average molecular weight is 352 g/mol. The van der Waals surface area contributed by atoms with Crippen molar-refractivity contribution in [2.24, 2.45) is 0 Å². The first-order valence-electron chi connectivity index (χ1n) is 7.72. The molecule has 2 rings (SSSR count). The number of rotatable bonds is 6. The van der Waals surface area contributed by atoms with Gasteiger partial charge in [0, 0.05) is 7.05 Å². The second-order valence-electron chi connectivity index (χ2n) is 5.36. The zero-order valence-corrected chi connectivity index (χ0v) is 13.7. The van der Waals surface area contributed by atoms with E-state index in [1.807, 2.05) is 30.3 Å². The molecule has 0 atom stereocenters. The Morgan fingerprint density at radius 2 is 1.76 bits per heavy atom. The smallest absolute Gasteiger partial charge is 0.339 e. The van der Waals surface area contributed by atoms with Gasteiger partial charge in [0.05, 0.1) is 12.1 Å². The molecule has 0 saturated carbocycles. The van der Waals surface area contributed by atoms with Crippen LogP contribution in [0, 0.1) is 0 Å². The van der Waals surface area contributed by atoms with Crippen LogP contribution in [0.4, 0.5) is 18.0 Å². The summed E-state index contributed by atoms with van der Waals surface area (Å²) in [6.07, 6.45) is -4.15. The van der Waals surface area contributed by atoms with E-state index in [2.05, 4.69) is 5.32 Å². The summed E-state index contributed by atoms with van der Waals surface area (Å²) in [5, 5.41) is 3.57. The van der Waals surface area contributed by atoms with Gasteiger partial charge in [-0.25, -0.2) is 9.86 Å². The van der Waals surface area contributed by atoms with Gasteiger partial charge in [-0.15, -0.1) is 0 Å². The first-order valence-corrected chi connectivity index (χ1v) is 7.72. The van der Waals surface area contributed by atoms with Crippen molar-refractivity contribution < 1.29 is 22.8 Å². The molecule has 25 heavy (non-hydrogen) atoms. The Kier molecular flexibility index (Phi) is 6.41. The number of alkyl halides is 3. The van der Waals surface area contributed by atoms with Gasteiger partial charge in [0.2, 0.25) is 0 Å². The van der Waals surface area contributed by atoms with Crippen LogP contribution < -0.4 is 5.32 Å². The minimum absolute atomic E-state index is 0.133. The number of halogens is 3. The fourth-order valence-corrected chi connectivity index (χ4v) is 2.21. The van der Waals surface area contributed by atoms with Gasteiger partial charge in [-0.05, 0) is 23.6 Å². The van der Waals surface area contributed by atoms with Crippen LogP contribution in [0.25, 0.3) is 0 Å². The van der Waals surface area contributed by atoms with Crippen molar-refractivity contribution in [2.75, 3.05) is 13.6 Å². The molecule has 0 aliphatic rings. The number of hydrogen-bond acceptors (Lipinski definition) is 2. The van der Waals surface area contributed by atoms with E-state index in [4.69, 9.17) is 4.84 Å². The number of benzene rings is 2. The lowest BCUT2D eigenvalue weighted by atomic mass is 10.1. The van der Waals surface area contributed by atoms with E-state index in [0.29, 0.717) is 5.56 Å². The number of nitrogens with zero attached hydrogens (tertiary/aromatic N) is 1. The Morgan fingerprint density at radius 3 is 2.40 bits per heavy atom. The maximum absolute atomic E-state index is 12.8. The Morgan fingerprint density at radius 1 is 1.08 bits per heavy atom. The van der Waals surface area contributed by atoms with E-state index >= 15 is 0 Å². The zero-order chi connectivity index (χ0) is 18.3. The molecular formula is C18H19F3N2O2. The molecule has 0 saturated heterocycles. The molecule has 0 heterocycles. The number of urea groups is 1. The van der Waals surface area contributed by atoms with Crippen molar-refractivity contribution in [2.45, 2.75) is 19.2 Å². The van der Waals surface area contributed by atoms with Crippen LogP contribution in [0.1, 0.15) is 16.7 Å². The first kappa shape index (κ1) is 18.8. The van der Waals surface area contributed by atoms with Crippen molar-refractivity contribution in [1.82, 2.24) is 10.4 Å². The van der Waals surface area contributed by atoms with Crippen molar-refractivity contribution in [1.29, 1.82) is 0 Å². The molecule has 2 aromatic rings. The molecule has 7 heteroatoms. The molecule has 0 radical (unpaired) electrons. The van der Waals surface area contributed by atoms with Crippen LogP contribution in [-0.2, 0) is 24.0 Å². The minimum atomic E-state index is -4.39. The average Bonchev–Trinajstić information content (AvgIpc) is 2.61. The summed E-state index contributed by atoms with van der Waals surface area (Å²) >= 11 is 0. The summed E-state index contributed by atoms with van der Waals surface area (Å²) < 4.78 is 38.3. The van der Waals surface area contributed by atoms with Crippen LogP contribution in [0.5, 0.6) is 0 Å². The van der Waals surface area contributed by atoms with Crippen molar-refractivity contribution in [3.8, 4) is 0 Å². The molecule has 0 fully saturated rings. The topological polar surface area (TPSA) is 41.6 Å². The molecule has 0 unspecified atom stereocenters. The molecule has 2 amide bonds. The summed E-state index contributed by atoms with van der Waals surface area (Å²) in [6, 6.07) is 13.9. The minimum Gasteiger partial charge on any atom is -0.339 e. The summed E-state index contributed by atoms with van der Waals surface area (Å²) in [5.74, 6) is 0. The van der Waals surface area contributed by atoms with Gasteiger partial charge >= 0.3 is 12.2 Å². The molecule has 0 spiro atoms. The summed E-state index contributed by atoms with van der Waals surface area (Å²) in [7, 11) is 1.46. The second-order valence-corrected chi connectivity index (χ2v) is 5.36. The Hall–Kier alpha value is -2.54. The highest BCUT2D eigenvalue weighted by Gasteiger charge is 2.30. The molecule has 0 aliphatic heterocycles. The predicted molar refractivity (Wildman–Crippen MR) is 87.5 cm³/mol. The van der Waals surface area contributed by atoms with Gasteiger partial charge in [0.15, 0.2) is 0 Å². The highest BCUT2D eigenvalue weighted by Crippen LogP contribution is 2.29. The molecule has 1 N–H and O–H groups in total. The lowest BCUT2D eigenvalue weighted by molar-refractivity contribution is -0.137. The van der Waals surface area contributed by atoms with Crippen molar-refractivity contribution in [3.63, 3.8) is 0 Å². The van der Waals surface area contributed by atoms with Gasteiger partial charge in [0.25, 0.3) is 0 Å². The van der Waals surface area contributed by atoms with E-state index in [1.165, 1.54) is 13.1 Å². The molecule has 0 aliphatic carbocycles. The highest BCUT2D eigenvalue weighted by atomic mass is 19.4. The van der Waals surface area contributed by atoms with E-state index in [-0.39, 0.29) is 19.6 Å². The van der Waals surface area contributed by atoms with Crippen LogP contribution in [-0.4, -0.2) is 24.7 Å². The molecule has 0 bridgehead atoms. The summed E-state index contributed by atoms with van der Waals surface area (Å²) in [5.41, 5.74) is 0.657. The number of amides is 2. The van der Waals surface area contributed by atoms with E-state index in [0.717, 1.165) is 22.8 Å². The third-order valence-electron chi connectivity index (χ3n) is 3.53. The number of carbonyl (C=O) groups is 1. The lowest BCUT2D eigenvalue weighted by Gasteiger charge is -2.21. The third kappa shape index (κ3) is 5.79. The number of nitrogens with one attached hydrogen (secondary N) is 1. The highest BCUT2D eigenvalue weighted by molar-refractivity contribution is 5.72. The largest absolute Gasteiger partial charge is 0.416 e. The maximum atomic E-state index is 12.8. The standard InChI is InChI=1S/C18H19F3N2O2/c1-22-17(24)23(25-13-15-6-3-2-4-7-15)11-10-14-8-5-9-16(12-14)18(19,20)21/h2-9,12H,10-11,13H2,1H3,(H,22,24). The second kappa shape index (κ2) is 8.53. The van der Waals surface area contributed by atoms with E-state index < -0.39 is 17.8 Å². The summed E-state index contributed by atoms with van der Waals surface area (Å²) in [4.78, 5) is 17.4. The number of carbonyl (C=O) groups excluding carboxylic acids is 1. The van der Waals surface area contributed by atoms with Gasteiger partial charge < -0.3 is 5.32 Å². The first-order chi connectivity index (χ1) is 11.9. The molecular weight excluding hydrogens is 333 g/mol. The fraction of sp³-hybridized carbons (Fsp3) is 0.278. The van der Waals surface area contributed by atoms with Gasteiger partial charge in [-0.3, -0.25) is 4.84 Å². The van der Waals surface area contributed by atoms with E-state index in [1.54, 1.807) is 6.07 Å². The molecule has 4 nitrogen and oxygen atoms in total. The number of hydrogen-bond donors (Lipinski definition) is 1. The quantitative estimate of drug-likeness (QED) is 0.798. The lowest BCUT2D eigenvalue weighted by Crippen LogP contribution is -2.39. The Labute approximate surface area is 144 Å². The molecule has 2 aromatic carbocycles.